The molecule has 168 valence electrons. The normalized spacial score (nSPS) is 24.3. The van der Waals surface area contributed by atoms with Crippen molar-refractivity contribution >= 4 is 16.8 Å². The molecule has 6 rings (SSSR count). The molecule has 0 saturated carbocycles. The molecule has 0 aliphatic carbocycles. The van der Waals surface area contributed by atoms with Gasteiger partial charge >= 0.3 is 0 Å². The molecule has 3 saturated heterocycles. The van der Waals surface area contributed by atoms with Gasteiger partial charge in [0, 0.05) is 44.7 Å². The topological polar surface area (TPSA) is 45.0 Å². The Hall–Kier alpha value is -2.57. The molecule has 0 amide bonds. The standard InChI is InChI=1S/C26H32N4O2/c1-2-8-25-24(7-1)26(27-32-25)30-14-13-29-17-21(9-10-22(29)18-30)19-31-23-6-3-5-20(15-23)16-28-11-4-12-28/h1-3,5-8,15,21-22H,4,9-14,16-19H2/t21-,22-/m0/s1. The van der Waals surface area contributed by atoms with E-state index in [-0.39, 0.29) is 0 Å². The lowest BCUT2D eigenvalue weighted by molar-refractivity contribution is 0.0726. The molecule has 3 fully saturated rings. The van der Waals surface area contributed by atoms with Crippen molar-refractivity contribution in [3.05, 3.63) is 54.1 Å². The lowest BCUT2D eigenvalue weighted by atomic mass is 9.91. The molecule has 4 heterocycles. The minimum Gasteiger partial charge on any atom is -0.493 e. The highest BCUT2D eigenvalue weighted by atomic mass is 16.5. The van der Waals surface area contributed by atoms with E-state index in [1.807, 2.05) is 12.1 Å². The van der Waals surface area contributed by atoms with Gasteiger partial charge in [-0.2, -0.15) is 0 Å². The van der Waals surface area contributed by atoms with E-state index >= 15 is 0 Å². The van der Waals surface area contributed by atoms with E-state index < -0.39 is 0 Å². The minimum absolute atomic E-state index is 0.593. The van der Waals surface area contributed by atoms with Gasteiger partial charge in [-0.05, 0) is 62.2 Å². The third-order valence-corrected chi connectivity index (χ3v) is 7.40. The highest BCUT2D eigenvalue weighted by Crippen LogP contribution is 2.31. The molecule has 0 spiro atoms. The lowest BCUT2D eigenvalue weighted by Crippen LogP contribution is -2.57. The lowest BCUT2D eigenvalue weighted by Gasteiger charge is -2.46. The zero-order chi connectivity index (χ0) is 21.3. The van der Waals surface area contributed by atoms with Crippen LogP contribution in [0.4, 0.5) is 5.82 Å². The van der Waals surface area contributed by atoms with Crippen LogP contribution in [0.25, 0.3) is 11.0 Å². The van der Waals surface area contributed by atoms with Crippen molar-refractivity contribution < 1.29 is 9.26 Å². The molecular weight excluding hydrogens is 400 g/mol. The van der Waals surface area contributed by atoms with Gasteiger partial charge in [-0.3, -0.25) is 9.80 Å². The summed E-state index contributed by atoms with van der Waals surface area (Å²) in [6, 6.07) is 17.4. The van der Waals surface area contributed by atoms with Gasteiger partial charge in [-0.25, -0.2) is 0 Å². The maximum atomic E-state index is 6.25. The molecule has 3 aromatic rings. The molecule has 2 atom stereocenters. The summed E-state index contributed by atoms with van der Waals surface area (Å²) < 4.78 is 11.8. The van der Waals surface area contributed by atoms with E-state index in [1.165, 1.54) is 37.9 Å². The average molecular weight is 433 g/mol. The van der Waals surface area contributed by atoms with E-state index in [4.69, 9.17) is 9.26 Å². The third-order valence-electron chi connectivity index (χ3n) is 7.40. The number of hydrogen-bond donors (Lipinski definition) is 0. The zero-order valence-corrected chi connectivity index (χ0v) is 18.7. The van der Waals surface area contributed by atoms with Gasteiger partial charge in [0.15, 0.2) is 11.4 Å². The number of fused-ring (bicyclic) bond motifs is 2. The molecule has 32 heavy (non-hydrogen) atoms. The van der Waals surface area contributed by atoms with Gasteiger partial charge < -0.3 is 14.2 Å². The summed E-state index contributed by atoms with van der Waals surface area (Å²) in [7, 11) is 0. The van der Waals surface area contributed by atoms with E-state index in [2.05, 4.69) is 56.3 Å². The van der Waals surface area contributed by atoms with Crippen molar-refractivity contribution in [1.29, 1.82) is 0 Å². The second kappa shape index (κ2) is 8.75. The summed E-state index contributed by atoms with van der Waals surface area (Å²) >= 11 is 0. The Kier molecular flexibility index (Phi) is 5.49. The molecule has 6 nitrogen and oxygen atoms in total. The van der Waals surface area contributed by atoms with Crippen molar-refractivity contribution in [3.63, 3.8) is 0 Å². The van der Waals surface area contributed by atoms with Crippen LogP contribution in [0.2, 0.25) is 0 Å². The number of ether oxygens (including phenoxy) is 1. The smallest absolute Gasteiger partial charge is 0.180 e. The fourth-order valence-corrected chi connectivity index (χ4v) is 5.43. The maximum Gasteiger partial charge on any atom is 0.180 e. The highest BCUT2D eigenvalue weighted by Gasteiger charge is 2.34. The number of aromatic nitrogens is 1. The third kappa shape index (κ3) is 4.09. The van der Waals surface area contributed by atoms with Gasteiger partial charge in [-0.15, -0.1) is 0 Å². The van der Waals surface area contributed by atoms with Crippen LogP contribution in [0.1, 0.15) is 24.8 Å². The van der Waals surface area contributed by atoms with Crippen LogP contribution in [-0.2, 0) is 6.54 Å². The summed E-state index contributed by atoms with van der Waals surface area (Å²) in [4.78, 5) is 7.56. The van der Waals surface area contributed by atoms with Gasteiger partial charge in [-0.1, -0.05) is 29.4 Å². The van der Waals surface area contributed by atoms with Gasteiger partial charge in [0.2, 0.25) is 0 Å². The van der Waals surface area contributed by atoms with Crippen molar-refractivity contribution in [2.24, 2.45) is 5.92 Å². The van der Waals surface area contributed by atoms with E-state index in [0.717, 1.165) is 61.9 Å². The van der Waals surface area contributed by atoms with Crippen LogP contribution in [-0.4, -0.2) is 66.9 Å². The Labute approximate surface area is 189 Å². The predicted molar refractivity (Wildman–Crippen MR) is 126 cm³/mol. The van der Waals surface area contributed by atoms with Crippen molar-refractivity contribution in [2.45, 2.75) is 31.8 Å². The predicted octanol–water partition coefficient (Wildman–Crippen LogP) is 4.01. The summed E-state index contributed by atoms with van der Waals surface area (Å²) in [6.45, 7) is 8.56. The van der Waals surface area contributed by atoms with Crippen LogP contribution in [0, 0.1) is 5.92 Å². The Balaban J connectivity index is 1.03. The Morgan fingerprint density at radius 3 is 2.81 bits per heavy atom. The first-order chi connectivity index (χ1) is 15.8. The number of hydrogen-bond acceptors (Lipinski definition) is 6. The molecule has 6 heteroatoms. The van der Waals surface area contributed by atoms with Crippen LogP contribution in [0.15, 0.2) is 53.1 Å². The summed E-state index contributed by atoms with van der Waals surface area (Å²) in [5.41, 5.74) is 2.24. The second-order valence-electron chi connectivity index (χ2n) is 9.63. The highest BCUT2D eigenvalue weighted by molar-refractivity contribution is 5.88. The number of nitrogens with zero attached hydrogens (tertiary/aromatic N) is 4. The second-order valence-corrected chi connectivity index (χ2v) is 9.63. The molecule has 0 radical (unpaired) electrons. The Morgan fingerprint density at radius 2 is 1.91 bits per heavy atom. The number of benzene rings is 2. The van der Waals surface area contributed by atoms with Crippen LogP contribution in [0.3, 0.4) is 0 Å². The van der Waals surface area contributed by atoms with Gasteiger partial charge in [0.05, 0.1) is 12.0 Å². The molecule has 0 unspecified atom stereocenters. The number of piperidine rings is 1. The summed E-state index contributed by atoms with van der Waals surface area (Å²) in [5, 5.41) is 5.50. The molecule has 3 aliphatic heterocycles. The molecule has 1 aromatic heterocycles. The average Bonchev–Trinajstić information content (AvgIpc) is 3.24. The minimum atomic E-state index is 0.593. The molecule has 3 aliphatic rings. The molecule has 0 N–H and O–H groups in total. The van der Waals surface area contributed by atoms with Gasteiger partial charge in [0.1, 0.15) is 5.75 Å². The number of anilines is 1. The fourth-order valence-electron chi connectivity index (χ4n) is 5.43. The van der Waals surface area contributed by atoms with Gasteiger partial charge in [0.25, 0.3) is 0 Å². The van der Waals surface area contributed by atoms with E-state index in [9.17, 15) is 0 Å². The van der Waals surface area contributed by atoms with Crippen molar-refractivity contribution in [3.8, 4) is 5.75 Å². The van der Waals surface area contributed by atoms with Crippen molar-refractivity contribution in [1.82, 2.24) is 15.0 Å². The quantitative estimate of drug-likeness (QED) is 0.586. The molecular formula is C26H32N4O2. The number of rotatable bonds is 6. The zero-order valence-electron chi connectivity index (χ0n) is 18.7. The Bertz CT molecular complexity index is 1060. The molecule has 2 aromatic carbocycles. The molecule has 0 bridgehead atoms. The number of piperazine rings is 1. The Morgan fingerprint density at radius 1 is 0.969 bits per heavy atom. The van der Waals surface area contributed by atoms with E-state index in [0.29, 0.717) is 12.0 Å². The van der Waals surface area contributed by atoms with Crippen LogP contribution < -0.4 is 9.64 Å². The first kappa shape index (κ1) is 20.1. The first-order valence-electron chi connectivity index (χ1n) is 12.1. The largest absolute Gasteiger partial charge is 0.493 e. The SMILES string of the molecule is c1cc(CN2CCC2)cc(OC[C@H]2CC[C@H]3CN(c4noc5ccccc45)CCN3C2)c1. The number of likely N-dealkylation sites (tertiary alicyclic amines) is 1. The number of para-hydroxylation sites is 1. The van der Waals surface area contributed by atoms with Crippen LogP contribution in [0.5, 0.6) is 5.75 Å². The summed E-state index contributed by atoms with van der Waals surface area (Å²) in [5.74, 6) is 2.63. The van der Waals surface area contributed by atoms with E-state index in [1.54, 1.807) is 0 Å². The first-order valence-corrected chi connectivity index (χ1v) is 12.1. The summed E-state index contributed by atoms with van der Waals surface area (Å²) in [6.07, 6.45) is 3.78. The van der Waals surface area contributed by atoms with Crippen molar-refractivity contribution in [2.75, 3.05) is 50.8 Å². The maximum absolute atomic E-state index is 6.25. The van der Waals surface area contributed by atoms with Crippen LogP contribution >= 0.6 is 0 Å². The fraction of sp³-hybridized carbons (Fsp3) is 0.500. The monoisotopic (exact) mass is 432 g/mol.